The van der Waals surface area contributed by atoms with Gasteiger partial charge >= 0.3 is 24.2 Å². The summed E-state index contributed by atoms with van der Waals surface area (Å²) in [5.74, 6) is -3.70. The number of halogens is 6. The molecule has 1 aromatic heterocycles. The number of anilines is 1. The van der Waals surface area contributed by atoms with Crippen molar-refractivity contribution in [2.75, 3.05) is 12.4 Å². The molecule has 0 aliphatic carbocycles. The lowest BCUT2D eigenvalue weighted by atomic mass is 10.1. The highest BCUT2D eigenvalue weighted by Crippen LogP contribution is 2.33. The van der Waals surface area contributed by atoms with E-state index in [1.54, 1.807) is 5.32 Å². The van der Waals surface area contributed by atoms with Crippen LogP contribution in [0.4, 0.5) is 32.0 Å². The number of nitrogens with one attached hydrogen (secondary N) is 1. The van der Waals surface area contributed by atoms with Crippen molar-refractivity contribution in [3.05, 3.63) is 53.6 Å². The van der Waals surface area contributed by atoms with Crippen LogP contribution in [0.2, 0.25) is 0 Å². The summed E-state index contributed by atoms with van der Waals surface area (Å²) in [6.07, 6.45) is -9.77. The number of ether oxygens (including phenoxy) is 1. The van der Waals surface area contributed by atoms with E-state index >= 15 is 0 Å². The van der Waals surface area contributed by atoms with Crippen LogP contribution in [0.25, 0.3) is 22.8 Å². The molecule has 0 atom stereocenters. The van der Waals surface area contributed by atoms with Crippen molar-refractivity contribution in [3.63, 3.8) is 0 Å². The van der Waals surface area contributed by atoms with Gasteiger partial charge in [-0.3, -0.25) is 4.79 Å². The van der Waals surface area contributed by atoms with Gasteiger partial charge in [0.15, 0.2) is 0 Å². The minimum absolute atomic E-state index is 0.139. The third-order valence-corrected chi connectivity index (χ3v) is 4.07. The standard InChI is InChI=1S/C19H11F6N3O4/c1-31-16(29)10-4-7-12(13(8-10)26-17(30)19(23,24)25)15-27-14(28-32-15)9-2-5-11(6-3-9)18(20,21)22/h2-8H,1H3,(H,26,30). The smallest absolute Gasteiger partial charge is 0.465 e. The lowest BCUT2D eigenvalue weighted by molar-refractivity contribution is -0.167. The summed E-state index contributed by atoms with van der Waals surface area (Å²) in [5.41, 5.74) is -1.57. The molecule has 1 heterocycles. The number of amides is 1. The van der Waals surface area contributed by atoms with Crippen LogP contribution in [0, 0.1) is 0 Å². The molecule has 1 N–H and O–H groups in total. The molecular formula is C19H11F6N3O4. The molecule has 0 spiro atoms. The number of carbonyl (C=O) groups excluding carboxylic acids is 2. The molecule has 1 amide bonds. The van der Waals surface area contributed by atoms with Gasteiger partial charge in [-0.25, -0.2) is 4.79 Å². The second-order valence-electron chi connectivity index (χ2n) is 6.20. The van der Waals surface area contributed by atoms with E-state index in [0.29, 0.717) is 0 Å². The Morgan fingerprint density at radius 3 is 2.22 bits per heavy atom. The number of aromatic nitrogens is 2. The molecule has 0 unspecified atom stereocenters. The number of hydrogen-bond acceptors (Lipinski definition) is 6. The van der Waals surface area contributed by atoms with Crippen LogP contribution in [0.3, 0.4) is 0 Å². The SMILES string of the molecule is COC(=O)c1ccc(-c2nc(-c3ccc(C(F)(F)F)cc3)no2)c(NC(=O)C(F)(F)F)c1. The van der Waals surface area contributed by atoms with Crippen LogP contribution >= 0.6 is 0 Å². The molecule has 168 valence electrons. The molecule has 13 heteroatoms. The van der Waals surface area contributed by atoms with Crippen LogP contribution in [0.15, 0.2) is 47.0 Å². The molecular weight excluding hydrogens is 448 g/mol. The average molecular weight is 459 g/mol. The lowest BCUT2D eigenvalue weighted by Gasteiger charge is -2.11. The average Bonchev–Trinajstić information content (AvgIpc) is 3.22. The topological polar surface area (TPSA) is 94.3 Å². The monoisotopic (exact) mass is 459 g/mol. The number of carbonyl (C=O) groups is 2. The summed E-state index contributed by atoms with van der Waals surface area (Å²) < 4.78 is 85.7. The summed E-state index contributed by atoms with van der Waals surface area (Å²) in [5, 5.41) is 5.22. The zero-order chi connectivity index (χ0) is 23.7. The Labute approximate surface area is 175 Å². The van der Waals surface area contributed by atoms with Crippen LogP contribution < -0.4 is 5.32 Å². The fourth-order valence-electron chi connectivity index (χ4n) is 2.53. The number of esters is 1. The first-order valence-corrected chi connectivity index (χ1v) is 8.52. The Bertz CT molecular complexity index is 1150. The van der Waals surface area contributed by atoms with Crippen molar-refractivity contribution < 1.29 is 45.2 Å². The molecule has 0 radical (unpaired) electrons. The van der Waals surface area contributed by atoms with E-state index in [0.717, 1.165) is 43.5 Å². The molecule has 0 bridgehead atoms. The van der Waals surface area contributed by atoms with Crippen molar-refractivity contribution in [1.82, 2.24) is 10.1 Å². The van der Waals surface area contributed by atoms with Crippen molar-refractivity contribution in [2.45, 2.75) is 12.4 Å². The normalized spacial score (nSPS) is 11.8. The molecule has 0 saturated heterocycles. The van der Waals surface area contributed by atoms with E-state index in [9.17, 15) is 35.9 Å². The maximum atomic E-state index is 12.7. The summed E-state index contributed by atoms with van der Waals surface area (Å²) >= 11 is 0. The molecule has 32 heavy (non-hydrogen) atoms. The largest absolute Gasteiger partial charge is 0.471 e. The lowest BCUT2D eigenvalue weighted by Crippen LogP contribution is -2.30. The van der Waals surface area contributed by atoms with Crippen molar-refractivity contribution >= 4 is 17.6 Å². The Kier molecular flexibility index (Phi) is 5.92. The highest BCUT2D eigenvalue weighted by molar-refractivity contribution is 6.00. The summed E-state index contributed by atoms with van der Waals surface area (Å²) in [4.78, 5) is 27.1. The van der Waals surface area contributed by atoms with Crippen LogP contribution in [0.5, 0.6) is 0 Å². The first-order valence-electron chi connectivity index (χ1n) is 8.52. The Balaban J connectivity index is 1.99. The second-order valence-corrected chi connectivity index (χ2v) is 6.20. The quantitative estimate of drug-likeness (QED) is 0.449. The molecule has 3 rings (SSSR count). The first-order chi connectivity index (χ1) is 14.9. The highest BCUT2D eigenvalue weighted by atomic mass is 19.4. The van der Waals surface area contributed by atoms with Gasteiger partial charge in [0, 0.05) is 5.56 Å². The van der Waals surface area contributed by atoms with Gasteiger partial charge in [0.1, 0.15) is 0 Å². The van der Waals surface area contributed by atoms with Gasteiger partial charge in [0.25, 0.3) is 5.89 Å². The van der Waals surface area contributed by atoms with Gasteiger partial charge in [-0.05, 0) is 30.3 Å². The summed E-state index contributed by atoms with van der Waals surface area (Å²) in [6, 6.07) is 7.02. The van der Waals surface area contributed by atoms with E-state index in [1.165, 1.54) is 6.07 Å². The van der Waals surface area contributed by atoms with Crippen molar-refractivity contribution in [1.29, 1.82) is 0 Å². The van der Waals surface area contributed by atoms with Crippen LogP contribution in [0.1, 0.15) is 15.9 Å². The van der Waals surface area contributed by atoms with Gasteiger partial charge in [0.05, 0.1) is 29.5 Å². The van der Waals surface area contributed by atoms with Gasteiger partial charge in [0.2, 0.25) is 5.82 Å². The fraction of sp³-hybridized carbons (Fsp3) is 0.158. The Morgan fingerprint density at radius 1 is 1.00 bits per heavy atom. The minimum Gasteiger partial charge on any atom is -0.465 e. The zero-order valence-electron chi connectivity index (χ0n) is 15.8. The third-order valence-electron chi connectivity index (χ3n) is 4.07. The first kappa shape index (κ1) is 22.8. The second kappa shape index (κ2) is 8.32. The molecule has 2 aromatic carbocycles. The predicted molar refractivity (Wildman–Crippen MR) is 96.2 cm³/mol. The van der Waals surface area contributed by atoms with E-state index < -0.39 is 35.5 Å². The van der Waals surface area contributed by atoms with E-state index in [2.05, 4.69) is 14.9 Å². The predicted octanol–water partition coefficient (Wildman–Crippen LogP) is 4.71. The maximum absolute atomic E-state index is 12.7. The fourth-order valence-corrected chi connectivity index (χ4v) is 2.53. The van der Waals surface area contributed by atoms with E-state index in [4.69, 9.17) is 4.52 Å². The Morgan fingerprint density at radius 2 is 1.66 bits per heavy atom. The molecule has 0 aliphatic heterocycles. The highest BCUT2D eigenvalue weighted by Gasteiger charge is 2.39. The number of rotatable bonds is 4. The summed E-state index contributed by atoms with van der Waals surface area (Å²) in [7, 11) is 1.05. The van der Waals surface area contributed by atoms with Gasteiger partial charge in [-0.2, -0.15) is 31.3 Å². The Hall–Kier alpha value is -3.90. The zero-order valence-corrected chi connectivity index (χ0v) is 15.8. The molecule has 0 saturated carbocycles. The van der Waals surface area contributed by atoms with Gasteiger partial charge < -0.3 is 14.6 Å². The number of nitrogens with zero attached hydrogens (tertiary/aromatic N) is 2. The van der Waals surface area contributed by atoms with E-state index in [1.807, 2.05) is 0 Å². The third kappa shape index (κ3) is 4.87. The van der Waals surface area contributed by atoms with Crippen molar-refractivity contribution in [3.8, 4) is 22.8 Å². The van der Waals surface area contributed by atoms with E-state index in [-0.39, 0.29) is 28.4 Å². The summed E-state index contributed by atoms with van der Waals surface area (Å²) in [6.45, 7) is 0. The molecule has 0 aliphatic rings. The van der Waals surface area contributed by atoms with Crippen LogP contribution in [-0.4, -0.2) is 35.3 Å². The number of hydrogen-bond donors (Lipinski definition) is 1. The maximum Gasteiger partial charge on any atom is 0.471 e. The number of benzene rings is 2. The van der Waals surface area contributed by atoms with Gasteiger partial charge in [-0.1, -0.05) is 17.3 Å². The number of methoxy groups -OCH3 is 1. The van der Waals surface area contributed by atoms with Crippen molar-refractivity contribution in [2.24, 2.45) is 0 Å². The van der Waals surface area contributed by atoms with Crippen LogP contribution in [-0.2, 0) is 15.7 Å². The van der Waals surface area contributed by atoms with Gasteiger partial charge in [-0.15, -0.1) is 0 Å². The number of alkyl halides is 6. The molecule has 3 aromatic rings. The minimum atomic E-state index is -5.22. The molecule has 7 nitrogen and oxygen atoms in total. The molecule has 0 fully saturated rings.